The first-order valence-electron chi connectivity index (χ1n) is 6.25. The minimum atomic E-state index is -1.03. The summed E-state index contributed by atoms with van der Waals surface area (Å²) in [6, 6.07) is 18.4. The van der Waals surface area contributed by atoms with E-state index in [0.717, 1.165) is 11.1 Å². The number of hydrogen-bond acceptors (Lipinski definition) is 2. The van der Waals surface area contributed by atoms with Gasteiger partial charge in [-0.2, -0.15) is 0 Å². The lowest BCUT2D eigenvalue weighted by atomic mass is 9.97. The SMILES string of the molecule is O=CN(CC(=O)O)C(c1ccccc1)c1ccccc1. The summed E-state index contributed by atoms with van der Waals surface area (Å²) >= 11 is 0. The molecule has 0 aliphatic heterocycles. The maximum atomic E-state index is 11.3. The molecule has 1 amide bonds. The summed E-state index contributed by atoms with van der Waals surface area (Å²) < 4.78 is 0. The van der Waals surface area contributed by atoms with Crippen LogP contribution in [0.5, 0.6) is 0 Å². The molecule has 0 saturated carbocycles. The first-order valence-corrected chi connectivity index (χ1v) is 6.25. The predicted octanol–water partition coefficient (Wildman–Crippen LogP) is 2.32. The Kier molecular flexibility index (Phi) is 4.50. The first-order chi connectivity index (χ1) is 9.72. The summed E-state index contributed by atoms with van der Waals surface area (Å²) in [7, 11) is 0. The highest BCUT2D eigenvalue weighted by atomic mass is 16.4. The smallest absolute Gasteiger partial charge is 0.323 e. The molecule has 0 fully saturated rings. The molecule has 1 N–H and O–H groups in total. The molecule has 0 aliphatic carbocycles. The molecule has 4 heteroatoms. The number of carboxylic acid groups (broad SMARTS) is 1. The van der Waals surface area contributed by atoms with E-state index in [1.165, 1.54) is 4.90 Å². The van der Waals surface area contributed by atoms with Crippen molar-refractivity contribution in [2.45, 2.75) is 6.04 Å². The van der Waals surface area contributed by atoms with Gasteiger partial charge in [0.15, 0.2) is 0 Å². The van der Waals surface area contributed by atoms with Gasteiger partial charge in [-0.05, 0) is 11.1 Å². The van der Waals surface area contributed by atoms with Crippen molar-refractivity contribution in [1.82, 2.24) is 4.90 Å². The van der Waals surface area contributed by atoms with Gasteiger partial charge in [0.25, 0.3) is 0 Å². The van der Waals surface area contributed by atoms with Crippen LogP contribution >= 0.6 is 0 Å². The minimum absolute atomic E-state index is 0.335. The highest BCUT2D eigenvalue weighted by Crippen LogP contribution is 2.27. The van der Waals surface area contributed by atoms with Gasteiger partial charge >= 0.3 is 5.97 Å². The van der Waals surface area contributed by atoms with Crippen molar-refractivity contribution < 1.29 is 14.7 Å². The van der Waals surface area contributed by atoms with Gasteiger partial charge in [-0.1, -0.05) is 60.7 Å². The van der Waals surface area contributed by atoms with Crippen LogP contribution in [0.3, 0.4) is 0 Å². The molecule has 20 heavy (non-hydrogen) atoms. The molecule has 2 rings (SSSR count). The zero-order valence-electron chi connectivity index (χ0n) is 10.8. The van der Waals surface area contributed by atoms with Crippen LogP contribution in [0.4, 0.5) is 0 Å². The summed E-state index contributed by atoms with van der Waals surface area (Å²) in [5, 5.41) is 8.96. The Morgan fingerprint density at radius 3 is 1.80 bits per heavy atom. The molecule has 102 valence electrons. The van der Waals surface area contributed by atoms with Gasteiger partial charge < -0.3 is 10.0 Å². The van der Waals surface area contributed by atoms with Gasteiger partial charge in [-0.15, -0.1) is 0 Å². The average Bonchev–Trinajstić information content (AvgIpc) is 2.48. The number of rotatable bonds is 6. The largest absolute Gasteiger partial charge is 0.480 e. The van der Waals surface area contributed by atoms with Crippen molar-refractivity contribution in [2.24, 2.45) is 0 Å². The van der Waals surface area contributed by atoms with E-state index in [4.69, 9.17) is 5.11 Å². The van der Waals surface area contributed by atoms with Crippen molar-refractivity contribution in [3.05, 3.63) is 71.8 Å². The van der Waals surface area contributed by atoms with Crippen LogP contribution in [0.1, 0.15) is 17.2 Å². The zero-order valence-corrected chi connectivity index (χ0v) is 10.8. The number of benzene rings is 2. The zero-order chi connectivity index (χ0) is 14.4. The van der Waals surface area contributed by atoms with Gasteiger partial charge in [0.2, 0.25) is 6.41 Å². The normalized spacial score (nSPS) is 10.2. The van der Waals surface area contributed by atoms with E-state index in [1.807, 2.05) is 60.7 Å². The molecule has 0 unspecified atom stereocenters. The third-order valence-corrected chi connectivity index (χ3v) is 3.02. The van der Waals surface area contributed by atoms with E-state index in [0.29, 0.717) is 6.41 Å². The Balaban J connectivity index is 2.44. The Labute approximate surface area is 117 Å². The van der Waals surface area contributed by atoms with Crippen molar-refractivity contribution in [3.8, 4) is 0 Å². The van der Waals surface area contributed by atoms with Crippen LogP contribution in [0.15, 0.2) is 60.7 Å². The number of nitrogens with zero attached hydrogens (tertiary/aromatic N) is 1. The Morgan fingerprint density at radius 2 is 1.45 bits per heavy atom. The average molecular weight is 269 g/mol. The van der Waals surface area contributed by atoms with Crippen LogP contribution in [0.2, 0.25) is 0 Å². The molecule has 0 aromatic heterocycles. The molecule has 2 aromatic rings. The van der Waals surface area contributed by atoms with Gasteiger partial charge in [-0.3, -0.25) is 9.59 Å². The molecule has 2 aromatic carbocycles. The molecule has 0 spiro atoms. The first kappa shape index (κ1) is 13.8. The number of carbonyl (C=O) groups is 2. The van der Waals surface area contributed by atoms with E-state index in [-0.39, 0.29) is 6.54 Å². The Morgan fingerprint density at radius 1 is 1.00 bits per heavy atom. The van der Waals surface area contributed by atoms with E-state index >= 15 is 0 Å². The van der Waals surface area contributed by atoms with Crippen molar-refractivity contribution in [3.63, 3.8) is 0 Å². The lowest BCUT2D eigenvalue weighted by Gasteiger charge is -2.27. The summed E-state index contributed by atoms with van der Waals surface area (Å²) in [6.07, 6.45) is 0.582. The van der Waals surface area contributed by atoms with E-state index in [9.17, 15) is 9.59 Å². The van der Waals surface area contributed by atoms with Gasteiger partial charge in [0, 0.05) is 0 Å². The maximum Gasteiger partial charge on any atom is 0.323 e. The molecule has 4 nitrogen and oxygen atoms in total. The minimum Gasteiger partial charge on any atom is -0.480 e. The van der Waals surface area contributed by atoms with Crippen molar-refractivity contribution in [1.29, 1.82) is 0 Å². The van der Waals surface area contributed by atoms with Crippen LogP contribution in [-0.4, -0.2) is 28.9 Å². The maximum absolute atomic E-state index is 11.3. The quantitative estimate of drug-likeness (QED) is 0.819. The number of carboxylic acids is 1. The second-order valence-corrected chi connectivity index (χ2v) is 4.40. The molecular weight excluding hydrogens is 254 g/mol. The Hall–Kier alpha value is -2.62. The van der Waals surface area contributed by atoms with E-state index in [2.05, 4.69) is 0 Å². The second-order valence-electron chi connectivity index (χ2n) is 4.40. The number of hydrogen-bond donors (Lipinski definition) is 1. The molecule has 0 heterocycles. The topological polar surface area (TPSA) is 57.6 Å². The molecule has 0 aliphatic rings. The summed E-state index contributed by atoms with van der Waals surface area (Å²) in [5.41, 5.74) is 1.76. The van der Waals surface area contributed by atoms with E-state index in [1.54, 1.807) is 0 Å². The van der Waals surface area contributed by atoms with Crippen molar-refractivity contribution >= 4 is 12.4 Å². The molecule has 0 saturated heterocycles. The number of aliphatic carboxylic acids is 1. The van der Waals surface area contributed by atoms with Crippen molar-refractivity contribution in [2.75, 3.05) is 6.54 Å². The fraction of sp³-hybridized carbons (Fsp3) is 0.125. The van der Waals surface area contributed by atoms with Gasteiger partial charge in [0.1, 0.15) is 6.54 Å². The number of carbonyl (C=O) groups excluding carboxylic acids is 1. The summed E-state index contributed by atoms with van der Waals surface area (Å²) in [6.45, 7) is -0.335. The molecule has 0 radical (unpaired) electrons. The highest BCUT2D eigenvalue weighted by molar-refractivity contribution is 5.72. The third kappa shape index (κ3) is 3.23. The molecule has 0 bridgehead atoms. The standard InChI is InChI=1S/C16H15NO3/c18-12-17(11-15(19)20)16(13-7-3-1-4-8-13)14-9-5-2-6-10-14/h1-10,12,16H,11H2,(H,19,20). The van der Waals surface area contributed by atoms with Gasteiger partial charge in [-0.25, -0.2) is 0 Å². The van der Waals surface area contributed by atoms with Gasteiger partial charge in [0.05, 0.1) is 6.04 Å². The third-order valence-electron chi connectivity index (χ3n) is 3.02. The summed E-state index contributed by atoms with van der Waals surface area (Å²) in [5.74, 6) is -1.03. The monoisotopic (exact) mass is 269 g/mol. The predicted molar refractivity (Wildman–Crippen MR) is 75.1 cm³/mol. The molecule has 0 atom stereocenters. The van der Waals surface area contributed by atoms with E-state index < -0.39 is 12.0 Å². The number of amides is 1. The van der Waals surface area contributed by atoms with Crippen LogP contribution in [-0.2, 0) is 9.59 Å². The second kappa shape index (κ2) is 6.52. The lowest BCUT2D eigenvalue weighted by Crippen LogP contribution is -2.33. The summed E-state index contributed by atoms with van der Waals surface area (Å²) in [4.78, 5) is 23.5. The van der Waals surface area contributed by atoms with Crippen LogP contribution in [0.25, 0.3) is 0 Å². The fourth-order valence-corrected chi connectivity index (χ4v) is 2.19. The lowest BCUT2D eigenvalue weighted by molar-refractivity contribution is -0.141. The van der Waals surface area contributed by atoms with Crippen LogP contribution < -0.4 is 0 Å². The fourth-order valence-electron chi connectivity index (χ4n) is 2.19. The van der Waals surface area contributed by atoms with Crippen LogP contribution in [0, 0.1) is 0 Å². The highest BCUT2D eigenvalue weighted by Gasteiger charge is 2.22. The Bertz CT molecular complexity index is 529. The molecular formula is C16H15NO3.